The van der Waals surface area contributed by atoms with Crippen LogP contribution in [0.1, 0.15) is 26.3 Å². The fourth-order valence-corrected chi connectivity index (χ4v) is 2.21. The Kier molecular flexibility index (Phi) is 4.96. The van der Waals surface area contributed by atoms with Crippen LogP contribution in [0.3, 0.4) is 0 Å². The molecule has 0 aromatic carbocycles. The number of morpholine rings is 1. The van der Waals surface area contributed by atoms with Crippen LogP contribution in [0.25, 0.3) is 0 Å². The van der Waals surface area contributed by atoms with Crippen molar-refractivity contribution in [3.63, 3.8) is 0 Å². The third-order valence-corrected chi connectivity index (χ3v) is 3.79. The Morgan fingerprint density at radius 1 is 1.33 bits per heavy atom. The van der Waals surface area contributed by atoms with Gasteiger partial charge < -0.3 is 4.74 Å². The Morgan fingerprint density at radius 3 is 2.52 bits per heavy atom. The van der Waals surface area contributed by atoms with E-state index in [1.807, 2.05) is 18.3 Å². The van der Waals surface area contributed by atoms with E-state index in [9.17, 15) is 4.79 Å². The Bertz CT molecular complexity index is 473. The maximum atomic E-state index is 12.3. The second-order valence-corrected chi connectivity index (χ2v) is 6.50. The highest BCUT2D eigenvalue weighted by Crippen LogP contribution is 2.22. The van der Waals surface area contributed by atoms with Crippen LogP contribution >= 0.6 is 0 Å². The largest absolute Gasteiger partial charge is 0.379 e. The molecule has 0 aliphatic carbocycles. The minimum absolute atomic E-state index is 0.0629. The summed E-state index contributed by atoms with van der Waals surface area (Å²) in [6, 6.07) is 3.96. The first kappa shape index (κ1) is 15.9. The summed E-state index contributed by atoms with van der Waals surface area (Å²) in [5.74, 6) is 0.758. The highest BCUT2D eigenvalue weighted by molar-refractivity contribution is 5.93. The lowest BCUT2D eigenvalue weighted by atomic mass is 9.88. The molecule has 1 amide bonds. The molecule has 0 bridgehead atoms. The molecule has 1 aliphatic rings. The fraction of sp³-hybridized carbons (Fsp3) is 0.625. The van der Waals surface area contributed by atoms with Crippen LogP contribution in [0.15, 0.2) is 18.3 Å². The van der Waals surface area contributed by atoms with Crippen molar-refractivity contribution in [3.05, 3.63) is 23.9 Å². The zero-order valence-corrected chi connectivity index (χ0v) is 13.4. The number of rotatable bonds is 3. The van der Waals surface area contributed by atoms with Crippen LogP contribution in [0.2, 0.25) is 0 Å². The molecule has 1 fully saturated rings. The van der Waals surface area contributed by atoms with Crippen molar-refractivity contribution in [2.75, 3.05) is 44.8 Å². The molecule has 1 aliphatic heterocycles. The molecule has 1 aromatic rings. The molecule has 1 aromatic heterocycles. The number of likely N-dealkylation sites (N-methyl/N-ethyl adjacent to an activating group) is 1. The Balaban J connectivity index is 1.98. The molecular formula is C16H25N3O2. The average Bonchev–Trinajstić information content (AvgIpc) is 2.46. The quantitative estimate of drug-likeness (QED) is 0.850. The first-order valence-electron chi connectivity index (χ1n) is 7.41. The standard InChI is InChI=1S/C16H25N3O2/c1-16(2,3)13-5-6-14(17-11-13)18(4)15(20)12-19-7-9-21-10-8-19/h5-6,11H,7-10,12H2,1-4H3. The molecule has 0 spiro atoms. The van der Waals surface area contributed by atoms with Gasteiger partial charge in [-0.25, -0.2) is 4.98 Å². The number of hydrogen-bond acceptors (Lipinski definition) is 4. The summed E-state index contributed by atoms with van der Waals surface area (Å²) in [4.78, 5) is 20.5. The van der Waals surface area contributed by atoms with Crippen LogP contribution < -0.4 is 4.90 Å². The maximum Gasteiger partial charge on any atom is 0.242 e. The molecule has 5 heteroatoms. The van der Waals surface area contributed by atoms with Crippen molar-refractivity contribution in [2.24, 2.45) is 0 Å². The van der Waals surface area contributed by atoms with Gasteiger partial charge in [0, 0.05) is 26.3 Å². The fourth-order valence-electron chi connectivity index (χ4n) is 2.21. The number of hydrogen-bond donors (Lipinski definition) is 0. The maximum absolute atomic E-state index is 12.3. The number of anilines is 1. The molecule has 0 unspecified atom stereocenters. The summed E-state index contributed by atoms with van der Waals surface area (Å²) in [6.07, 6.45) is 1.86. The number of pyridine rings is 1. The summed E-state index contributed by atoms with van der Waals surface area (Å²) in [7, 11) is 1.78. The van der Waals surface area contributed by atoms with E-state index in [4.69, 9.17) is 4.74 Å². The highest BCUT2D eigenvalue weighted by atomic mass is 16.5. The predicted octanol–water partition coefficient (Wildman–Crippen LogP) is 1.67. The normalized spacial score (nSPS) is 16.8. The average molecular weight is 291 g/mol. The van der Waals surface area contributed by atoms with E-state index >= 15 is 0 Å². The van der Waals surface area contributed by atoms with Crippen LogP contribution in [0, 0.1) is 0 Å². The zero-order valence-electron chi connectivity index (χ0n) is 13.4. The summed E-state index contributed by atoms with van der Waals surface area (Å²) < 4.78 is 5.29. The molecule has 0 radical (unpaired) electrons. The molecule has 2 rings (SSSR count). The van der Waals surface area contributed by atoms with Gasteiger partial charge in [-0.1, -0.05) is 26.8 Å². The second-order valence-electron chi connectivity index (χ2n) is 6.50. The van der Waals surface area contributed by atoms with Gasteiger partial charge in [-0.2, -0.15) is 0 Å². The lowest BCUT2D eigenvalue weighted by Gasteiger charge is -2.28. The topological polar surface area (TPSA) is 45.7 Å². The summed E-state index contributed by atoms with van der Waals surface area (Å²) in [6.45, 7) is 9.91. The second kappa shape index (κ2) is 6.54. The third kappa shape index (κ3) is 4.25. The van der Waals surface area contributed by atoms with E-state index in [2.05, 4.69) is 30.7 Å². The minimum Gasteiger partial charge on any atom is -0.379 e. The molecule has 0 N–H and O–H groups in total. The van der Waals surface area contributed by atoms with Gasteiger partial charge in [0.05, 0.1) is 19.8 Å². The first-order chi connectivity index (χ1) is 9.88. The molecule has 21 heavy (non-hydrogen) atoms. The number of carbonyl (C=O) groups excluding carboxylic acids is 1. The van der Waals surface area contributed by atoms with Crippen molar-refractivity contribution in [3.8, 4) is 0 Å². The monoisotopic (exact) mass is 291 g/mol. The van der Waals surface area contributed by atoms with E-state index in [1.165, 1.54) is 5.56 Å². The van der Waals surface area contributed by atoms with E-state index in [0.717, 1.165) is 13.1 Å². The number of amides is 1. The number of nitrogens with zero attached hydrogens (tertiary/aromatic N) is 3. The lowest BCUT2D eigenvalue weighted by molar-refractivity contribution is -0.120. The van der Waals surface area contributed by atoms with Gasteiger partial charge in [-0.15, -0.1) is 0 Å². The SMILES string of the molecule is CN(C(=O)CN1CCOCC1)c1ccc(C(C)(C)C)cn1. The molecular weight excluding hydrogens is 266 g/mol. The summed E-state index contributed by atoms with van der Waals surface area (Å²) >= 11 is 0. The Hall–Kier alpha value is -1.46. The van der Waals surface area contributed by atoms with Gasteiger partial charge in [0.1, 0.15) is 5.82 Å². The van der Waals surface area contributed by atoms with Crippen molar-refractivity contribution in [1.82, 2.24) is 9.88 Å². The van der Waals surface area contributed by atoms with E-state index in [0.29, 0.717) is 25.6 Å². The number of carbonyl (C=O) groups is 1. The lowest BCUT2D eigenvalue weighted by Crippen LogP contribution is -2.44. The third-order valence-electron chi connectivity index (χ3n) is 3.79. The van der Waals surface area contributed by atoms with Crippen LogP contribution in [0.4, 0.5) is 5.82 Å². The van der Waals surface area contributed by atoms with Crippen molar-refractivity contribution in [2.45, 2.75) is 26.2 Å². The highest BCUT2D eigenvalue weighted by Gasteiger charge is 2.19. The van der Waals surface area contributed by atoms with Gasteiger partial charge in [-0.3, -0.25) is 14.6 Å². The minimum atomic E-state index is 0.0629. The van der Waals surface area contributed by atoms with Crippen molar-refractivity contribution < 1.29 is 9.53 Å². The predicted molar refractivity (Wildman–Crippen MR) is 83.6 cm³/mol. The first-order valence-corrected chi connectivity index (χ1v) is 7.41. The molecule has 2 heterocycles. The smallest absolute Gasteiger partial charge is 0.242 e. The zero-order chi connectivity index (χ0) is 15.5. The van der Waals surface area contributed by atoms with Gasteiger partial charge in [-0.05, 0) is 17.0 Å². The summed E-state index contributed by atoms with van der Waals surface area (Å²) in [5.41, 5.74) is 1.24. The molecule has 116 valence electrons. The number of aromatic nitrogens is 1. The number of ether oxygens (including phenoxy) is 1. The van der Waals surface area contributed by atoms with Crippen LogP contribution in [0.5, 0.6) is 0 Å². The molecule has 1 saturated heterocycles. The van der Waals surface area contributed by atoms with Crippen molar-refractivity contribution >= 4 is 11.7 Å². The Morgan fingerprint density at radius 2 is 2.00 bits per heavy atom. The molecule has 0 atom stereocenters. The Labute approximate surface area is 126 Å². The van der Waals surface area contributed by atoms with Crippen LogP contribution in [-0.4, -0.2) is 55.7 Å². The van der Waals surface area contributed by atoms with Crippen LogP contribution in [-0.2, 0) is 14.9 Å². The van der Waals surface area contributed by atoms with Gasteiger partial charge in [0.15, 0.2) is 0 Å². The van der Waals surface area contributed by atoms with E-state index in [-0.39, 0.29) is 11.3 Å². The van der Waals surface area contributed by atoms with E-state index in [1.54, 1.807) is 11.9 Å². The van der Waals surface area contributed by atoms with Gasteiger partial charge in [0.25, 0.3) is 0 Å². The van der Waals surface area contributed by atoms with Gasteiger partial charge >= 0.3 is 0 Å². The molecule has 5 nitrogen and oxygen atoms in total. The molecule has 0 saturated carbocycles. The van der Waals surface area contributed by atoms with E-state index < -0.39 is 0 Å². The summed E-state index contributed by atoms with van der Waals surface area (Å²) in [5, 5.41) is 0. The van der Waals surface area contributed by atoms with Gasteiger partial charge in [0.2, 0.25) is 5.91 Å². The van der Waals surface area contributed by atoms with Crippen molar-refractivity contribution in [1.29, 1.82) is 0 Å².